The van der Waals surface area contributed by atoms with Crippen LogP contribution < -0.4 is 0 Å². The van der Waals surface area contributed by atoms with Crippen molar-refractivity contribution in [2.45, 2.75) is 25.4 Å². The predicted octanol–water partition coefficient (Wildman–Crippen LogP) is 4.27. The van der Waals surface area contributed by atoms with Crippen LogP contribution in [0.1, 0.15) is 24.4 Å². The second kappa shape index (κ2) is 7.00. The van der Waals surface area contributed by atoms with E-state index in [9.17, 15) is 18.0 Å². The summed E-state index contributed by atoms with van der Waals surface area (Å²) in [6.07, 6.45) is 3.99. The van der Waals surface area contributed by atoms with Gasteiger partial charge in [0.15, 0.2) is 0 Å². The van der Waals surface area contributed by atoms with E-state index in [0.29, 0.717) is 36.0 Å². The van der Waals surface area contributed by atoms with E-state index in [1.165, 1.54) is 29.3 Å². The Balaban J connectivity index is 1.37. The Morgan fingerprint density at radius 3 is 2.63 bits per heavy atom. The van der Waals surface area contributed by atoms with Gasteiger partial charge in [-0.3, -0.25) is 9.48 Å². The third-order valence-corrected chi connectivity index (χ3v) is 5.23. The van der Waals surface area contributed by atoms with Gasteiger partial charge in [0.1, 0.15) is 17.5 Å². The number of halogens is 3. The fourth-order valence-corrected chi connectivity index (χ4v) is 3.78. The van der Waals surface area contributed by atoms with Gasteiger partial charge in [0.25, 0.3) is 5.91 Å². The molecule has 1 aromatic heterocycles. The van der Waals surface area contributed by atoms with Crippen LogP contribution in [0.25, 0.3) is 10.9 Å². The van der Waals surface area contributed by atoms with Crippen LogP contribution in [0.5, 0.6) is 0 Å². The van der Waals surface area contributed by atoms with Crippen LogP contribution in [0.4, 0.5) is 13.2 Å². The lowest BCUT2D eigenvalue weighted by molar-refractivity contribution is -0.129. The number of rotatable bonds is 4. The van der Waals surface area contributed by atoms with E-state index in [2.05, 4.69) is 15.9 Å². The van der Waals surface area contributed by atoms with Gasteiger partial charge in [-0.1, -0.05) is 0 Å². The van der Waals surface area contributed by atoms with E-state index >= 15 is 0 Å². The van der Waals surface area contributed by atoms with Gasteiger partial charge >= 0.3 is 0 Å². The molecule has 2 aliphatic rings. The second-order valence-electron chi connectivity index (χ2n) is 7.29. The average molecular weight is 408 g/mol. The van der Waals surface area contributed by atoms with Crippen molar-refractivity contribution in [3.63, 3.8) is 0 Å². The number of hydrogen-bond acceptors (Lipinski definition) is 3. The first kappa shape index (κ1) is 18.4. The maximum absolute atomic E-state index is 13.6. The fraction of sp³-hybridized carbons (Fsp3) is 0.182. The molecule has 0 bridgehead atoms. The molecule has 0 radical (unpaired) electrons. The quantitative estimate of drug-likeness (QED) is 0.606. The van der Waals surface area contributed by atoms with Crippen LogP contribution in [-0.2, 0) is 11.3 Å². The van der Waals surface area contributed by atoms with Crippen molar-refractivity contribution in [3.8, 4) is 0 Å². The van der Waals surface area contributed by atoms with Gasteiger partial charge in [0, 0.05) is 30.5 Å². The Morgan fingerprint density at radius 1 is 1.10 bits per heavy atom. The van der Waals surface area contributed by atoms with E-state index in [0.717, 1.165) is 17.0 Å². The van der Waals surface area contributed by atoms with Gasteiger partial charge in [0.2, 0.25) is 0 Å². The van der Waals surface area contributed by atoms with Crippen LogP contribution in [0.2, 0.25) is 0 Å². The predicted molar refractivity (Wildman–Crippen MR) is 104 cm³/mol. The standard InChI is InChI=1S/C22H15F3N4O/c23-17-2-1-14-11-27-28(21(14)10-17)12-13-5-16(6-13)22(30)29-20(3-4-26-29)15-7-18(24)9-19(25)8-15/h1-2,4,7-11,20H,3,5,12H2. The molecular weight excluding hydrogens is 393 g/mol. The molecule has 0 spiro atoms. The van der Waals surface area contributed by atoms with Crippen LogP contribution in [0.15, 0.2) is 64.6 Å². The first-order valence-electron chi connectivity index (χ1n) is 9.38. The molecule has 30 heavy (non-hydrogen) atoms. The lowest BCUT2D eigenvalue weighted by atomic mass is 9.95. The zero-order valence-electron chi connectivity index (χ0n) is 15.6. The highest BCUT2D eigenvalue weighted by atomic mass is 19.1. The van der Waals surface area contributed by atoms with E-state index in [1.807, 2.05) is 0 Å². The smallest absolute Gasteiger partial charge is 0.267 e. The normalized spacial score (nSPS) is 17.8. The lowest BCUT2D eigenvalue weighted by Crippen LogP contribution is -2.30. The van der Waals surface area contributed by atoms with Gasteiger partial charge in [-0.25, -0.2) is 18.2 Å². The highest BCUT2D eigenvalue weighted by Gasteiger charge is 2.33. The Morgan fingerprint density at radius 2 is 1.87 bits per heavy atom. The first-order chi connectivity index (χ1) is 14.5. The maximum Gasteiger partial charge on any atom is 0.278 e. The number of aromatic nitrogens is 2. The molecule has 150 valence electrons. The summed E-state index contributed by atoms with van der Waals surface area (Å²) < 4.78 is 42.3. The first-order valence-corrected chi connectivity index (χ1v) is 9.38. The van der Waals surface area contributed by atoms with Gasteiger partial charge < -0.3 is 0 Å². The van der Waals surface area contributed by atoms with Crippen molar-refractivity contribution in [3.05, 3.63) is 82.5 Å². The van der Waals surface area contributed by atoms with E-state index < -0.39 is 17.7 Å². The number of fused-ring (bicyclic) bond motifs is 1. The molecule has 5 nitrogen and oxygen atoms in total. The molecule has 1 unspecified atom stereocenters. The Bertz CT molecular complexity index is 1270. The Labute approximate surface area is 169 Å². The number of hydrogen-bond donors (Lipinski definition) is 0. The van der Waals surface area contributed by atoms with Crippen molar-refractivity contribution < 1.29 is 18.0 Å². The topological polar surface area (TPSA) is 50.5 Å². The molecule has 3 aromatic rings. The molecule has 8 heteroatoms. The minimum Gasteiger partial charge on any atom is -0.267 e. The van der Waals surface area contributed by atoms with Crippen LogP contribution >= 0.6 is 0 Å². The minimum absolute atomic E-state index is 0.343. The number of amides is 1. The molecule has 2 aromatic carbocycles. The summed E-state index contributed by atoms with van der Waals surface area (Å²) in [6, 6.07) is 7.11. The number of nitrogens with zero attached hydrogens (tertiary/aromatic N) is 4. The average Bonchev–Trinajstić information content (AvgIpc) is 3.30. The SMILES string of the molecule is O=C(C1=C=C(Cn2ncc3ccc(F)cc32)C1)N1N=CCC1c1cc(F)cc(F)c1. The molecule has 1 aliphatic carbocycles. The van der Waals surface area contributed by atoms with Crippen LogP contribution in [0.3, 0.4) is 0 Å². The summed E-state index contributed by atoms with van der Waals surface area (Å²) in [6.45, 7) is 0.394. The van der Waals surface area contributed by atoms with Crippen molar-refractivity contribution in [1.82, 2.24) is 14.8 Å². The van der Waals surface area contributed by atoms with Crippen molar-refractivity contribution in [2.75, 3.05) is 0 Å². The number of benzene rings is 2. The second-order valence-corrected chi connectivity index (χ2v) is 7.29. The molecule has 1 amide bonds. The molecule has 1 aliphatic heterocycles. The number of hydrazone groups is 1. The van der Waals surface area contributed by atoms with Crippen molar-refractivity contribution >= 4 is 23.0 Å². The van der Waals surface area contributed by atoms with Crippen LogP contribution in [0, 0.1) is 17.5 Å². The van der Waals surface area contributed by atoms with Gasteiger partial charge in [-0.15, -0.1) is 5.73 Å². The number of carbonyl (C=O) groups is 1. The molecule has 0 N–H and O–H groups in total. The summed E-state index contributed by atoms with van der Waals surface area (Å²) in [5.74, 6) is -2.09. The third-order valence-electron chi connectivity index (χ3n) is 5.23. The minimum atomic E-state index is -0.697. The summed E-state index contributed by atoms with van der Waals surface area (Å²) >= 11 is 0. The van der Waals surface area contributed by atoms with Crippen LogP contribution in [-0.4, -0.2) is 26.9 Å². The molecule has 0 fully saturated rings. The van der Waals surface area contributed by atoms with Crippen molar-refractivity contribution in [2.24, 2.45) is 5.10 Å². The largest absolute Gasteiger partial charge is 0.278 e. The van der Waals surface area contributed by atoms with Gasteiger partial charge in [-0.2, -0.15) is 10.2 Å². The summed E-state index contributed by atoms with van der Waals surface area (Å²) in [4.78, 5) is 12.8. The molecule has 2 heterocycles. The highest BCUT2D eigenvalue weighted by Crippen LogP contribution is 2.33. The van der Waals surface area contributed by atoms with Gasteiger partial charge in [-0.05, 0) is 41.5 Å². The Hall–Kier alpha value is -3.64. The summed E-state index contributed by atoms with van der Waals surface area (Å²) in [7, 11) is 0. The van der Waals surface area contributed by atoms with E-state index in [1.54, 1.807) is 23.2 Å². The monoisotopic (exact) mass is 408 g/mol. The third kappa shape index (κ3) is 3.21. The number of carbonyl (C=O) groups excluding carboxylic acids is 1. The zero-order valence-corrected chi connectivity index (χ0v) is 15.6. The van der Waals surface area contributed by atoms with Crippen molar-refractivity contribution in [1.29, 1.82) is 0 Å². The molecular formula is C22H15F3N4O. The molecule has 0 saturated carbocycles. The maximum atomic E-state index is 13.6. The van der Waals surface area contributed by atoms with E-state index in [4.69, 9.17) is 0 Å². The molecule has 1 atom stereocenters. The Kier molecular flexibility index (Phi) is 4.29. The lowest BCUT2D eigenvalue weighted by Gasteiger charge is -2.25. The molecule has 5 rings (SSSR count). The van der Waals surface area contributed by atoms with Gasteiger partial charge in [0.05, 0.1) is 29.9 Å². The highest BCUT2D eigenvalue weighted by molar-refractivity contribution is 5.96. The molecule has 0 saturated heterocycles. The van der Waals surface area contributed by atoms with E-state index in [-0.39, 0.29) is 11.7 Å². The summed E-state index contributed by atoms with van der Waals surface area (Å²) in [5.41, 5.74) is 5.35. The zero-order chi connectivity index (χ0) is 20.8. The summed E-state index contributed by atoms with van der Waals surface area (Å²) in [5, 5.41) is 10.4. The fourth-order valence-electron chi connectivity index (χ4n) is 3.78.